The topological polar surface area (TPSA) is 96.0 Å². The van der Waals surface area contributed by atoms with Crippen LogP contribution in [0.15, 0.2) is 48.5 Å². The summed E-state index contributed by atoms with van der Waals surface area (Å²) in [4.78, 5) is 28.8. The molecule has 2 aromatic carbocycles. The Bertz CT molecular complexity index is 1160. The molecule has 1 N–H and O–H groups in total. The number of carbonyl (C=O) groups is 2. The minimum Gasteiger partial charge on any atom is -0.495 e. The maximum atomic E-state index is 13.9. The molecule has 1 saturated carbocycles. The summed E-state index contributed by atoms with van der Waals surface area (Å²) in [6.07, 6.45) is 6.67. The summed E-state index contributed by atoms with van der Waals surface area (Å²) in [5.41, 5.74) is 1.98. The lowest BCUT2D eigenvalue weighted by molar-refractivity contribution is -0.140. The summed E-state index contributed by atoms with van der Waals surface area (Å²) in [5.74, 6) is -0.304. The van der Waals surface area contributed by atoms with E-state index in [4.69, 9.17) is 4.74 Å². The second-order valence-corrected chi connectivity index (χ2v) is 11.6. The number of ether oxygens (including phenoxy) is 1. The summed E-state index contributed by atoms with van der Waals surface area (Å²) < 4.78 is 32.2. The quantitative estimate of drug-likeness (QED) is 0.474. The molecule has 0 radical (unpaired) electrons. The van der Waals surface area contributed by atoms with Crippen LogP contribution in [0.4, 0.5) is 5.69 Å². The number of rotatable bonds is 11. The molecule has 0 spiro atoms. The molecule has 0 heterocycles. The van der Waals surface area contributed by atoms with Gasteiger partial charge < -0.3 is 15.0 Å². The van der Waals surface area contributed by atoms with Crippen molar-refractivity contribution in [3.8, 4) is 5.75 Å². The normalized spacial score (nSPS) is 15.0. The van der Waals surface area contributed by atoms with Gasteiger partial charge in [0.15, 0.2) is 0 Å². The first kappa shape index (κ1) is 28.5. The standard InChI is InChI=1S/C28H39N3O5S/c1-5-24(28(33)29-23-14-10-7-11-15-23)30(19-22-12-8-6-9-13-22)27(32)20-31(37(4,34)35)25-18-21(2)16-17-26(25)36-3/h6,8-9,12-13,16-18,23-24H,5,7,10-11,14-15,19-20H2,1-4H3,(H,29,33). The first-order valence-electron chi connectivity index (χ1n) is 12.9. The average Bonchev–Trinajstić information content (AvgIpc) is 2.87. The lowest BCUT2D eigenvalue weighted by atomic mass is 9.95. The van der Waals surface area contributed by atoms with Gasteiger partial charge in [-0.05, 0) is 49.4 Å². The van der Waals surface area contributed by atoms with Crippen molar-refractivity contribution in [2.45, 2.75) is 71.0 Å². The van der Waals surface area contributed by atoms with E-state index in [0.717, 1.165) is 47.4 Å². The SMILES string of the molecule is CCC(C(=O)NC1CCCCC1)N(Cc1ccccc1)C(=O)CN(c1cc(C)ccc1OC)S(C)(=O)=O. The third kappa shape index (κ3) is 7.71. The highest BCUT2D eigenvalue weighted by Crippen LogP contribution is 2.31. The first-order valence-corrected chi connectivity index (χ1v) is 14.7. The van der Waals surface area contributed by atoms with E-state index in [1.54, 1.807) is 12.1 Å². The summed E-state index contributed by atoms with van der Waals surface area (Å²) in [5, 5.41) is 3.15. The van der Waals surface area contributed by atoms with Crippen molar-refractivity contribution in [3.05, 3.63) is 59.7 Å². The molecule has 3 rings (SSSR count). The third-order valence-corrected chi connectivity index (χ3v) is 7.94. The highest BCUT2D eigenvalue weighted by atomic mass is 32.2. The average molecular weight is 530 g/mol. The molecule has 2 amide bonds. The second kappa shape index (κ2) is 12.9. The van der Waals surface area contributed by atoms with E-state index in [2.05, 4.69) is 5.32 Å². The Morgan fingerprint density at radius 1 is 1.08 bits per heavy atom. The van der Waals surface area contributed by atoms with E-state index in [1.807, 2.05) is 50.2 Å². The van der Waals surface area contributed by atoms with Crippen LogP contribution in [0.2, 0.25) is 0 Å². The van der Waals surface area contributed by atoms with Gasteiger partial charge in [0.05, 0.1) is 19.1 Å². The van der Waals surface area contributed by atoms with Gasteiger partial charge in [0.1, 0.15) is 18.3 Å². The Balaban J connectivity index is 1.94. The molecule has 0 bridgehead atoms. The van der Waals surface area contributed by atoms with E-state index in [9.17, 15) is 18.0 Å². The number of aryl methyl sites for hydroxylation is 1. The van der Waals surface area contributed by atoms with Crippen molar-refractivity contribution in [3.63, 3.8) is 0 Å². The van der Waals surface area contributed by atoms with Gasteiger partial charge in [0.2, 0.25) is 21.8 Å². The fourth-order valence-corrected chi connectivity index (χ4v) is 5.68. The highest BCUT2D eigenvalue weighted by Gasteiger charge is 2.33. The zero-order valence-corrected chi connectivity index (χ0v) is 23.1. The molecule has 9 heteroatoms. The number of hydrogen-bond acceptors (Lipinski definition) is 5. The zero-order valence-electron chi connectivity index (χ0n) is 22.3. The number of methoxy groups -OCH3 is 1. The van der Waals surface area contributed by atoms with Crippen LogP contribution in [-0.4, -0.2) is 57.1 Å². The van der Waals surface area contributed by atoms with Crippen LogP contribution in [0.1, 0.15) is 56.6 Å². The second-order valence-electron chi connectivity index (χ2n) is 9.72. The van der Waals surface area contributed by atoms with Crippen LogP contribution < -0.4 is 14.4 Å². The zero-order chi connectivity index (χ0) is 27.0. The summed E-state index contributed by atoms with van der Waals surface area (Å²) in [7, 11) is -2.38. The van der Waals surface area contributed by atoms with Gasteiger partial charge in [-0.25, -0.2) is 8.42 Å². The number of benzene rings is 2. The molecule has 0 saturated heterocycles. The highest BCUT2D eigenvalue weighted by molar-refractivity contribution is 7.92. The number of sulfonamides is 1. The van der Waals surface area contributed by atoms with E-state index in [0.29, 0.717) is 12.2 Å². The lowest BCUT2D eigenvalue weighted by Gasteiger charge is -2.34. The molecule has 0 aromatic heterocycles. The molecule has 2 aromatic rings. The molecular formula is C28H39N3O5S. The number of carbonyl (C=O) groups excluding carboxylic acids is 2. The van der Waals surface area contributed by atoms with Crippen LogP contribution in [0.5, 0.6) is 5.75 Å². The van der Waals surface area contributed by atoms with Crippen molar-refractivity contribution in [1.82, 2.24) is 10.2 Å². The molecule has 0 aliphatic heterocycles. The smallest absolute Gasteiger partial charge is 0.244 e. The number of nitrogens with zero attached hydrogens (tertiary/aromatic N) is 2. The number of hydrogen-bond donors (Lipinski definition) is 1. The van der Waals surface area contributed by atoms with Crippen molar-refractivity contribution in [2.24, 2.45) is 0 Å². The molecule has 202 valence electrons. The molecule has 1 aliphatic rings. The molecule has 37 heavy (non-hydrogen) atoms. The molecule has 1 unspecified atom stereocenters. The summed E-state index contributed by atoms with van der Waals surface area (Å²) in [6, 6.07) is 14.0. The molecule has 1 atom stereocenters. The first-order chi connectivity index (χ1) is 17.6. The predicted octanol–water partition coefficient (Wildman–Crippen LogP) is 4.03. The Hall–Kier alpha value is -3.07. The maximum Gasteiger partial charge on any atom is 0.244 e. The monoisotopic (exact) mass is 529 g/mol. The van der Waals surface area contributed by atoms with E-state index in [-0.39, 0.29) is 24.2 Å². The lowest BCUT2D eigenvalue weighted by Crippen LogP contribution is -2.54. The van der Waals surface area contributed by atoms with Crippen molar-refractivity contribution in [2.75, 3.05) is 24.2 Å². The van der Waals surface area contributed by atoms with E-state index in [1.165, 1.54) is 18.4 Å². The van der Waals surface area contributed by atoms with E-state index < -0.39 is 28.5 Å². The molecule has 1 fully saturated rings. The van der Waals surface area contributed by atoms with Crippen LogP contribution in [0.3, 0.4) is 0 Å². The van der Waals surface area contributed by atoms with Gasteiger partial charge >= 0.3 is 0 Å². The fourth-order valence-electron chi connectivity index (χ4n) is 4.83. The van der Waals surface area contributed by atoms with Gasteiger partial charge in [-0.3, -0.25) is 13.9 Å². The van der Waals surface area contributed by atoms with Crippen molar-refractivity contribution in [1.29, 1.82) is 0 Å². The van der Waals surface area contributed by atoms with Crippen LogP contribution in [0, 0.1) is 6.92 Å². The Labute approximate surface area is 221 Å². The van der Waals surface area contributed by atoms with Gasteiger partial charge in [-0.15, -0.1) is 0 Å². The third-order valence-electron chi connectivity index (χ3n) is 6.82. The van der Waals surface area contributed by atoms with Gasteiger partial charge in [-0.2, -0.15) is 0 Å². The summed E-state index contributed by atoms with van der Waals surface area (Å²) in [6.45, 7) is 3.46. The number of anilines is 1. The molecule has 1 aliphatic carbocycles. The van der Waals surface area contributed by atoms with Crippen molar-refractivity contribution < 1.29 is 22.7 Å². The largest absolute Gasteiger partial charge is 0.495 e. The Morgan fingerprint density at radius 2 is 1.76 bits per heavy atom. The van der Waals surface area contributed by atoms with Crippen LogP contribution in [-0.2, 0) is 26.2 Å². The van der Waals surface area contributed by atoms with Gasteiger partial charge in [0, 0.05) is 12.6 Å². The minimum absolute atomic E-state index is 0.105. The molecular weight excluding hydrogens is 490 g/mol. The predicted molar refractivity (Wildman–Crippen MR) is 146 cm³/mol. The summed E-state index contributed by atoms with van der Waals surface area (Å²) >= 11 is 0. The Kier molecular flexibility index (Phi) is 9.97. The van der Waals surface area contributed by atoms with Gasteiger partial charge in [0.25, 0.3) is 0 Å². The van der Waals surface area contributed by atoms with Crippen LogP contribution >= 0.6 is 0 Å². The molecule has 8 nitrogen and oxygen atoms in total. The van der Waals surface area contributed by atoms with Crippen molar-refractivity contribution >= 4 is 27.5 Å². The van der Waals surface area contributed by atoms with Crippen LogP contribution in [0.25, 0.3) is 0 Å². The number of amides is 2. The Morgan fingerprint density at radius 3 is 2.35 bits per heavy atom. The minimum atomic E-state index is -3.84. The van der Waals surface area contributed by atoms with Gasteiger partial charge in [-0.1, -0.05) is 62.6 Å². The maximum absolute atomic E-state index is 13.9. The fraction of sp³-hybridized carbons (Fsp3) is 0.500. The number of nitrogens with one attached hydrogen (secondary N) is 1. The van der Waals surface area contributed by atoms with E-state index >= 15 is 0 Å².